The summed E-state index contributed by atoms with van der Waals surface area (Å²) >= 11 is 3.48. The monoisotopic (exact) mass is 369 g/mol. The first-order chi connectivity index (χ1) is 10.4. The Labute approximate surface area is 138 Å². The number of aliphatic carboxylic acids is 1. The van der Waals surface area contributed by atoms with Crippen molar-refractivity contribution in [1.29, 1.82) is 0 Å². The number of carboxylic acids is 1. The highest BCUT2D eigenvalue weighted by Gasteiger charge is 2.32. The van der Waals surface area contributed by atoms with Crippen molar-refractivity contribution in [2.24, 2.45) is 5.92 Å². The number of ether oxygens (including phenoxy) is 1. The van der Waals surface area contributed by atoms with E-state index < -0.39 is 5.97 Å². The average Bonchev–Trinajstić information content (AvgIpc) is 2.50. The van der Waals surface area contributed by atoms with Gasteiger partial charge in [0.2, 0.25) is 0 Å². The normalized spacial score (nSPS) is 22.3. The lowest BCUT2D eigenvalue weighted by Crippen LogP contribution is -2.45. The number of carboxylic acid groups (broad SMARTS) is 1. The Bertz CT molecular complexity index is 575. The molecule has 1 saturated heterocycles. The molecular weight excluding hydrogens is 350 g/mol. The fourth-order valence-electron chi connectivity index (χ4n) is 2.91. The minimum Gasteiger partial charge on any atom is -0.481 e. The number of hydrogen-bond acceptors (Lipinski definition) is 4. The van der Waals surface area contributed by atoms with Crippen molar-refractivity contribution in [3.05, 3.63) is 33.8 Å². The summed E-state index contributed by atoms with van der Waals surface area (Å²) in [5, 5.41) is 9.28. The third-order valence-corrected chi connectivity index (χ3v) is 5.02. The number of piperidine rings is 1. The van der Waals surface area contributed by atoms with E-state index in [0.29, 0.717) is 12.1 Å². The average molecular weight is 370 g/mol. The molecule has 2 rings (SSSR count). The number of carbonyl (C=O) groups is 2. The van der Waals surface area contributed by atoms with Crippen molar-refractivity contribution in [3.8, 4) is 0 Å². The molecule has 0 bridgehead atoms. The van der Waals surface area contributed by atoms with Crippen LogP contribution in [0, 0.1) is 5.92 Å². The molecule has 0 radical (unpaired) electrons. The molecule has 1 N–H and O–H groups in total. The van der Waals surface area contributed by atoms with Crippen molar-refractivity contribution in [1.82, 2.24) is 4.90 Å². The number of benzene rings is 1. The van der Waals surface area contributed by atoms with Gasteiger partial charge in [0.1, 0.15) is 0 Å². The number of methoxy groups -OCH3 is 1. The van der Waals surface area contributed by atoms with Crippen molar-refractivity contribution in [2.75, 3.05) is 13.7 Å². The highest BCUT2D eigenvalue weighted by atomic mass is 79.9. The van der Waals surface area contributed by atoms with Gasteiger partial charge in [-0.05, 0) is 44.0 Å². The van der Waals surface area contributed by atoms with Gasteiger partial charge in [0.25, 0.3) is 0 Å². The van der Waals surface area contributed by atoms with Crippen LogP contribution in [0.3, 0.4) is 0 Å². The van der Waals surface area contributed by atoms with Gasteiger partial charge in [-0.25, -0.2) is 4.79 Å². The summed E-state index contributed by atoms with van der Waals surface area (Å²) < 4.78 is 5.54. The maximum absolute atomic E-state index is 11.5. The Morgan fingerprint density at radius 1 is 1.45 bits per heavy atom. The Morgan fingerprint density at radius 2 is 2.18 bits per heavy atom. The van der Waals surface area contributed by atoms with Gasteiger partial charge < -0.3 is 9.84 Å². The molecule has 0 aromatic heterocycles. The molecule has 1 aliphatic rings. The summed E-state index contributed by atoms with van der Waals surface area (Å²) in [6, 6.07) is 5.35. The van der Waals surface area contributed by atoms with E-state index in [1.807, 2.05) is 13.0 Å². The molecule has 1 aromatic rings. The van der Waals surface area contributed by atoms with Gasteiger partial charge in [-0.15, -0.1) is 0 Å². The predicted octanol–water partition coefficient (Wildman–Crippen LogP) is 2.92. The number of nitrogens with zero attached hydrogens (tertiary/aromatic N) is 1. The summed E-state index contributed by atoms with van der Waals surface area (Å²) in [6.07, 6.45) is 1.62. The first kappa shape index (κ1) is 17.0. The lowest BCUT2D eigenvalue weighted by atomic mass is 9.90. The number of rotatable bonds is 4. The molecule has 120 valence electrons. The Balaban J connectivity index is 2.13. The second kappa shape index (κ2) is 7.24. The van der Waals surface area contributed by atoms with Crippen LogP contribution >= 0.6 is 15.9 Å². The Kier molecular flexibility index (Phi) is 5.58. The number of likely N-dealkylation sites (tertiary alicyclic amines) is 1. The molecule has 0 saturated carbocycles. The third kappa shape index (κ3) is 3.67. The second-order valence-electron chi connectivity index (χ2n) is 5.60. The van der Waals surface area contributed by atoms with Gasteiger partial charge in [0.05, 0.1) is 18.6 Å². The Morgan fingerprint density at radius 3 is 2.77 bits per heavy atom. The quantitative estimate of drug-likeness (QED) is 0.826. The van der Waals surface area contributed by atoms with Gasteiger partial charge in [-0.3, -0.25) is 9.69 Å². The molecule has 6 heteroatoms. The highest BCUT2D eigenvalue weighted by molar-refractivity contribution is 9.10. The third-order valence-electron chi connectivity index (χ3n) is 4.28. The molecule has 5 nitrogen and oxygen atoms in total. The van der Waals surface area contributed by atoms with Crippen LogP contribution in [-0.4, -0.2) is 41.6 Å². The van der Waals surface area contributed by atoms with Crippen LogP contribution in [0.5, 0.6) is 0 Å². The fraction of sp³-hybridized carbons (Fsp3) is 0.500. The molecule has 0 unspecified atom stereocenters. The summed E-state index contributed by atoms with van der Waals surface area (Å²) in [5.74, 6) is -1.41. The van der Waals surface area contributed by atoms with Crippen molar-refractivity contribution in [3.63, 3.8) is 0 Å². The molecular formula is C16H20BrNO4. The van der Waals surface area contributed by atoms with Crippen molar-refractivity contribution in [2.45, 2.75) is 32.4 Å². The molecule has 1 aromatic carbocycles. The topological polar surface area (TPSA) is 66.8 Å². The first-order valence-electron chi connectivity index (χ1n) is 7.27. The molecule has 0 amide bonds. The number of carbonyl (C=O) groups excluding carboxylic acids is 1. The van der Waals surface area contributed by atoms with Crippen LogP contribution in [0.25, 0.3) is 0 Å². The van der Waals surface area contributed by atoms with Crippen LogP contribution in [0.4, 0.5) is 0 Å². The van der Waals surface area contributed by atoms with Gasteiger partial charge in [-0.2, -0.15) is 0 Å². The molecule has 1 fully saturated rings. The van der Waals surface area contributed by atoms with E-state index in [1.54, 1.807) is 12.1 Å². The molecule has 0 spiro atoms. The smallest absolute Gasteiger partial charge is 0.337 e. The SMILES string of the molecule is COC(=O)c1ccc(CN2CCC[C@H](C(=O)O)[C@@H]2C)c(Br)c1. The lowest BCUT2D eigenvalue weighted by Gasteiger charge is -2.37. The maximum Gasteiger partial charge on any atom is 0.337 e. The zero-order chi connectivity index (χ0) is 16.3. The predicted molar refractivity (Wildman–Crippen MR) is 85.7 cm³/mol. The molecule has 1 heterocycles. The first-order valence-corrected chi connectivity index (χ1v) is 8.07. The van der Waals surface area contributed by atoms with E-state index in [2.05, 4.69) is 20.8 Å². The lowest BCUT2D eigenvalue weighted by molar-refractivity contribution is -0.145. The fourth-order valence-corrected chi connectivity index (χ4v) is 3.41. The van der Waals surface area contributed by atoms with Crippen LogP contribution in [0.1, 0.15) is 35.7 Å². The van der Waals surface area contributed by atoms with Crippen molar-refractivity contribution < 1.29 is 19.4 Å². The molecule has 2 atom stereocenters. The van der Waals surface area contributed by atoms with E-state index >= 15 is 0 Å². The largest absolute Gasteiger partial charge is 0.481 e. The van der Waals surface area contributed by atoms with E-state index in [-0.39, 0.29) is 17.9 Å². The van der Waals surface area contributed by atoms with Crippen LogP contribution in [0.15, 0.2) is 22.7 Å². The number of hydrogen-bond donors (Lipinski definition) is 1. The van der Waals surface area contributed by atoms with Crippen LogP contribution in [0.2, 0.25) is 0 Å². The van der Waals surface area contributed by atoms with Crippen LogP contribution < -0.4 is 0 Å². The minimum atomic E-state index is -0.725. The van der Waals surface area contributed by atoms with Gasteiger partial charge in [0, 0.05) is 17.1 Å². The zero-order valence-electron chi connectivity index (χ0n) is 12.7. The van der Waals surface area contributed by atoms with Crippen LogP contribution in [-0.2, 0) is 16.1 Å². The molecule has 22 heavy (non-hydrogen) atoms. The highest BCUT2D eigenvalue weighted by Crippen LogP contribution is 2.28. The summed E-state index contributed by atoms with van der Waals surface area (Å²) in [6.45, 7) is 3.51. The number of halogens is 1. The summed E-state index contributed by atoms with van der Waals surface area (Å²) in [4.78, 5) is 25.0. The molecule has 1 aliphatic heterocycles. The van der Waals surface area contributed by atoms with E-state index in [4.69, 9.17) is 4.74 Å². The van der Waals surface area contributed by atoms with E-state index in [1.165, 1.54) is 7.11 Å². The summed E-state index contributed by atoms with van der Waals surface area (Å²) in [7, 11) is 1.35. The molecule has 0 aliphatic carbocycles. The number of esters is 1. The van der Waals surface area contributed by atoms with Crippen molar-refractivity contribution >= 4 is 27.9 Å². The minimum absolute atomic E-state index is 0.00145. The van der Waals surface area contributed by atoms with E-state index in [0.717, 1.165) is 29.4 Å². The summed E-state index contributed by atoms with van der Waals surface area (Å²) in [5.41, 5.74) is 1.53. The zero-order valence-corrected chi connectivity index (χ0v) is 14.3. The standard InChI is InChI=1S/C16H20BrNO4/c1-10-13(15(19)20)4-3-7-18(10)9-12-6-5-11(8-14(12)17)16(21)22-2/h5-6,8,10,13H,3-4,7,9H2,1-2H3,(H,19,20)/t10-,13-/m0/s1. The van der Waals surface area contributed by atoms with Gasteiger partial charge >= 0.3 is 11.9 Å². The second-order valence-corrected chi connectivity index (χ2v) is 6.45. The van der Waals surface area contributed by atoms with E-state index in [9.17, 15) is 14.7 Å². The maximum atomic E-state index is 11.5. The van der Waals surface area contributed by atoms with Gasteiger partial charge in [0.15, 0.2) is 0 Å². The Hall–Kier alpha value is -1.40. The van der Waals surface area contributed by atoms with Gasteiger partial charge in [-0.1, -0.05) is 22.0 Å².